The molecule has 0 bridgehead atoms. The van der Waals surface area contributed by atoms with Crippen LogP contribution in [-0.2, 0) is 28.6 Å². The molecular formula is C52H96NO7+. The first-order valence-electron chi connectivity index (χ1n) is 25.0. The number of hydrogen-bond donors (Lipinski definition) is 1. The van der Waals surface area contributed by atoms with E-state index in [0.29, 0.717) is 19.3 Å². The average molecular weight is 847 g/mol. The molecule has 0 aliphatic rings. The van der Waals surface area contributed by atoms with Crippen LogP contribution in [0.2, 0.25) is 0 Å². The largest absolute Gasteiger partial charge is 0.477 e. The van der Waals surface area contributed by atoms with Crippen molar-refractivity contribution in [2.24, 2.45) is 0 Å². The summed E-state index contributed by atoms with van der Waals surface area (Å²) >= 11 is 0. The van der Waals surface area contributed by atoms with Crippen LogP contribution in [0.4, 0.5) is 0 Å². The molecule has 1 N–H and O–H groups in total. The highest BCUT2D eigenvalue weighted by atomic mass is 16.6. The van der Waals surface area contributed by atoms with Gasteiger partial charge in [-0.2, -0.15) is 0 Å². The zero-order chi connectivity index (χ0) is 44.2. The smallest absolute Gasteiger partial charge is 0.362 e. The number of hydrogen-bond acceptors (Lipinski definition) is 6. The van der Waals surface area contributed by atoms with E-state index in [-0.39, 0.29) is 42.7 Å². The van der Waals surface area contributed by atoms with E-state index in [1.54, 1.807) is 0 Å². The van der Waals surface area contributed by atoms with E-state index in [0.717, 1.165) is 32.1 Å². The maximum Gasteiger partial charge on any atom is 0.362 e. The highest BCUT2D eigenvalue weighted by molar-refractivity contribution is 5.72. The molecule has 2 atom stereocenters. The SMILES string of the molecule is CCCCCCCC/C=C/C/C=C/CCC(=O)OCC(COCCC(C(=O)O)[N+](C)(C)C)OC(=O)CCCCCCCCC/C=C/CCCCCCCCCCCCCC. The Morgan fingerprint density at radius 3 is 1.37 bits per heavy atom. The van der Waals surface area contributed by atoms with Crippen molar-refractivity contribution in [3.63, 3.8) is 0 Å². The molecule has 0 aromatic heterocycles. The Labute approximate surface area is 370 Å². The molecule has 0 fully saturated rings. The van der Waals surface area contributed by atoms with Crippen molar-refractivity contribution < 1.29 is 38.2 Å². The minimum absolute atomic E-state index is 0.0437. The molecule has 350 valence electrons. The Bertz CT molecular complexity index is 1080. The quantitative estimate of drug-likeness (QED) is 0.0282. The lowest BCUT2D eigenvalue weighted by atomic mass is 10.0. The standard InChI is InChI=1S/C52H95NO7/c1-6-8-10-12-14-16-18-20-21-22-23-24-25-26-27-28-29-31-33-35-37-39-41-43-51(55)60-48(46-58-45-44-49(52(56)57)53(3,4)5)47-59-50(54)42-40-38-36-34-32-30-19-17-15-13-11-9-7-2/h26-27,30,32,36,38,48-49H,6-25,28-29,31,33-35,37,39-47H2,1-5H3/p+1/b27-26+,32-30+,38-36+. The van der Waals surface area contributed by atoms with Gasteiger partial charge in [0.25, 0.3) is 0 Å². The number of aliphatic carboxylic acids is 1. The van der Waals surface area contributed by atoms with E-state index >= 15 is 0 Å². The second-order valence-corrected chi connectivity index (χ2v) is 18.1. The first kappa shape index (κ1) is 57.5. The van der Waals surface area contributed by atoms with Crippen molar-refractivity contribution in [3.8, 4) is 0 Å². The molecule has 0 heterocycles. The maximum atomic E-state index is 12.8. The van der Waals surface area contributed by atoms with Crippen LogP contribution in [0.25, 0.3) is 0 Å². The van der Waals surface area contributed by atoms with Gasteiger partial charge in [0.05, 0.1) is 34.4 Å². The number of carbonyl (C=O) groups excluding carboxylic acids is 2. The Morgan fingerprint density at radius 1 is 0.500 bits per heavy atom. The van der Waals surface area contributed by atoms with Gasteiger partial charge in [-0.05, 0) is 57.8 Å². The van der Waals surface area contributed by atoms with Crippen molar-refractivity contribution in [3.05, 3.63) is 36.5 Å². The van der Waals surface area contributed by atoms with Crippen LogP contribution >= 0.6 is 0 Å². The molecule has 0 aliphatic heterocycles. The zero-order valence-corrected chi connectivity index (χ0v) is 39.9. The molecule has 0 spiro atoms. The summed E-state index contributed by atoms with van der Waals surface area (Å²) in [6.45, 7) is 4.68. The van der Waals surface area contributed by atoms with Crippen LogP contribution < -0.4 is 0 Å². The summed E-state index contributed by atoms with van der Waals surface area (Å²) in [5, 5.41) is 9.63. The third kappa shape index (κ3) is 40.9. The lowest BCUT2D eigenvalue weighted by molar-refractivity contribution is -0.887. The van der Waals surface area contributed by atoms with Gasteiger partial charge in [0.2, 0.25) is 0 Å². The molecule has 60 heavy (non-hydrogen) atoms. The summed E-state index contributed by atoms with van der Waals surface area (Å²) in [4.78, 5) is 37.0. The molecule has 0 aliphatic carbocycles. The molecule has 0 rings (SSSR count). The number of quaternary nitrogens is 1. The van der Waals surface area contributed by atoms with Crippen LogP contribution in [0.5, 0.6) is 0 Å². The van der Waals surface area contributed by atoms with Crippen molar-refractivity contribution in [1.82, 2.24) is 0 Å². The van der Waals surface area contributed by atoms with Crippen molar-refractivity contribution >= 4 is 17.9 Å². The van der Waals surface area contributed by atoms with Crippen LogP contribution in [-0.4, -0.2) is 80.6 Å². The summed E-state index contributed by atoms with van der Waals surface area (Å²) in [5.74, 6) is -1.55. The number of likely N-dealkylation sites (N-methyl/N-ethyl adjacent to an activating group) is 1. The molecule has 8 heteroatoms. The molecule has 0 amide bonds. The lowest BCUT2D eigenvalue weighted by Gasteiger charge is -2.31. The van der Waals surface area contributed by atoms with Gasteiger partial charge >= 0.3 is 17.9 Å². The van der Waals surface area contributed by atoms with Crippen molar-refractivity contribution in [2.75, 3.05) is 41.0 Å². The number of carboxylic acid groups (broad SMARTS) is 1. The second-order valence-electron chi connectivity index (χ2n) is 18.1. The number of carbonyl (C=O) groups is 3. The fourth-order valence-corrected chi connectivity index (χ4v) is 7.38. The third-order valence-corrected chi connectivity index (χ3v) is 11.3. The van der Waals surface area contributed by atoms with Gasteiger partial charge in [0.1, 0.15) is 6.61 Å². The highest BCUT2D eigenvalue weighted by Crippen LogP contribution is 2.15. The number of ether oxygens (including phenoxy) is 3. The second kappa shape index (κ2) is 43.2. The normalized spacial score (nSPS) is 13.2. The van der Waals surface area contributed by atoms with Crippen LogP contribution in [0, 0.1) is 0 Å². The van der Waals surface area contributed by atoms with E-state index in [9.17, 15) is 19.5 Å². The van der Waals surface area contributed by atoms with Gasteiger partial charge in [-0.3, -0.25) is 9.59 Å². The molecule has 0 saturated heterocycles. The molecule has 0 aromatic carbocycles. The summed E-state index contributed by atoms with van der Waals surface area (Å²) in [5.41, 5.74) is 0. The van der Waals surface area contributed by atoms with E-state index in [4.69, 9.17) is 14.2 Å². The Hall–Kier alpha value is -2.45. The predicted octanol–water partition coefficient (Wildman–Crippen LogP) is 14.2. The number of carboxylic acids is 1. The Kier molecular flexibility index (Phi) is 41.4. The Morgan fingerprint density at radius 2 is 0.917 bits per heavy atom. The molecule has 8 nitrogen and oxygen atoms in total. The number of unbranched alkanes of at least 4 members (excludes halogenated alkanes) is 25. The van der Waals surface area contributed by atoms with Gasteiger partial charge in [-0.1, -0.05) is 185 Å². The minimum Gasteiger partial charge on any atom is -0.477 e. The third-order valence-electron chi connectivity index (χ3n) is 11.3. The number of nitrogens with zero attached hydrogens (tertiary/aromatic N) is 1. The van der Waals surface area contributed by atoms with Gasteiger partial charge in [-0.25, -0.2) is 4.79 Å². The summed E-state index contributed by atoms with van der Waals surface area (Å²) < 4.78 is 17.2. The number of rotatable bonds is 45. The molecule has 0 aromatic rings. The fraction of sp³-hybridized carbons (Fsp3) is 0.827. The number of esters is 2. The summed E-state index contributed by atoms with van der Waals surface area (Å²) in [6, 6.07) is -0.622. The molecule has 0 radical (unpaired) electrons. The highest BCUT2D eigenvalue weighted by Gasteiger charge is 2.31. The van der Waals surface area contributed by atoms with Crippen molar-refractivity contribution in [1.29, 1.82) is 0 Å². The van der Waals surface area contributed by atoms with Crippen LogP contribution in [0.1, 0.15) is 226 Å². The zero-order valence-electron chi connectivity index (χ0n) is 39.9. The maximum absolute atomic E-state index is 12.8. The minimum atomic E-state index is -0.881. The molecule has 2 unspecified atom stereocenters. The van der Waals surface area contributed by atoms with E-state index in [1.165, 1.54) is 154 Å². The first-order valence-corrected chi connectivity index (χ1v) is 25.0. The van der Waals surface area contributed by atoms with E-state index in [1.807, 2.05) is 27.2 Å². The van der Waals surface area contributed by atoms with E-state index < -0.39 is 18.1 Å². The van der Waals surface area contributed by atoms with Gasteiger partial charge in [0, 0.05) is 19.3 Å². The van der Waals surface area contributed by atoms with Gasteiger partial charge in [-0.15, -0.1) is 0 Å². The summed E-state index contributed by atoms with van der Waals surface area (Å²) in [6.07, 6.45) is 50.7. The van der Waals surface area contributed by atoms with Crippen LogP contribution in [0.3, 0.4) is 0 Å². The van der Waals surface area contributed by atoms with Crippen LogP contribution in [0.15, 0.2) is 36.5 Å². The topological polar surface area (TPSA) is 99.1 Å². The summed E-state index contributed by atoms with van der Waals surface area (Å²) in [7, 11) is 5.52. The van der Waals surface area contributed by atoms with Crippen molar-refractivity contribution in [2.45, 2.75) is 238 Å². The van der Waals surface area contributed by atoms with Gasteiger partial charge < -0.3 is 23.8 Å². The fourth-order valence-electron chi connectivity index (χ4n) is 7.38. The van der Waals surface area contributed by atoms with Gasteiger partial charge in [0.15, 0.2) is 12.1 Å². The predicted molar refractivity (Wildman–Crippen MR) is 252 cm³/mol. The average Bonchev–Trinajstić information content (AvgIpc) is 3.21. The Balaban J connectivity index is 4.25. The van der Waals surface area contributed by atoms with E-state index in [2.05, 4.69) is 44.2 Å². The lowest BCUT2D eigenvalue weighted by Crippen LogP contribution is -2.50. The number of allylic oxidation sites excluding steroid dienone is 6. The first-order chi connectivity index (χ1) is 29.1. The molecular weight excluding hydrogens is 751 g/mol. The molecule has 0 saturated carbocycles. The monoisotopic (exact) mass is 847 g/mol.